The van der Waals surface area contributed by atoms with E-state index in [2.05, 4.69) is 19.2 Å². The van der Waals surface area contributed by atoms with Gasteiger partial charge < -0.3 is 10.0 Å². The van der Waals surface area contributed by atoms with Gasteiger partial charge in [-0.1, -0.05) is 26.8 Å². The Labute approximate surface area is 203 Å². The molecule has 2 fully saturated rings. The fourth-order valence-corrected chi connectivity index (χ4v) is 8.45. The number of aliphatic hydroxyl groups excluding tert-OH is 1. The maximum Gasteiger partial charge on any atom is 0.267 e. The first-order chi connectivity index (χ1) is 15.8. The lowest BCUT2D eigenvalue weighted by atomic mass is 9.53. The largest absolute Gasteiger partial charge is 0.392 e. The Morgan fingerprint density at radius 3 is 2.79 bits per heavy atom. The summed E-state index contributed by atoms with van der Waals surface area (Å²) in [5, 5.41) is 17.1. The van der Waals surface area contributed by atoms with E-state index in [9.17, 15) is 14.7 Å². The maximum atomic E-state index is 13.1. The number of nitrogens with one attached hydrogen (secondary N) is 1. The summed E-state index contributed by atoms with van der Waals surface area (Å²) < 4.78 is 0. The number of rotatable bonds is 4. The van der Waals surface area contributed by atoms with Crippen LogP contribution in [0.4, 0.5) is 5.13 Å². The molecule has 3 heterocycles. The van der Waals surface area contributed by atoms with Crippen LogP contribution in [0.5, 0.6) is 0 Å². The highest BCUT2D eigenvalue weighted by atomic mass is 32.1. The van der Waals surface area contributed by atoms with E-state index in [0.29, 0.717) is 10.0 Å². The molecule has 1 aliphatic heterocycles. The third kappa shape index (κ3) is 4.04. The number of thiazole rings is 1. The van der Waals surface area contributed by atoms with Gasteiger partial charge in [-0.2, -0.15) is 0 Å². The molecule has 3 aliphatic rings. The number of likely N-dealkylation sites (tertiary alicyclic amines) is 1. The van der Waals surface area contributed by atoms with Crippen LogP contribution in [0.2, 0.25) is 0 Å². The van der Waals surface area contributed by atoms with Crippen LogP contribution in [0.3, 0.4) is 0 Å². The van der Waals surface area contributed by atoms with Crippen molar-refractivity contribution in [2.45, 2.75) is 64.9 Å². The van der Waals surface area contributed by atoms with E-state index in [0.717, 1.165) is 50.9 Å². The summed E-state index contributed by atoms with van der Waals surface area (Å²) in [6.45, 7) is 8.16. The Balaban J connectivity index is 1.36. The van der Waals surface area contributed by atoms with Gasteiger partial charge in [-0.25, -0.2) is 4.98 Å². The topological polar surface area (TPSA) is 82.5 Å². The predicted octanol–water partition coefficient (Wildman–Crippen LogP) is 4.77. The standard InChI is InChI=1S/C25H33N3O3S2/c1-14(23(31)28-10-4-5-11-28)16-8-9-25(3)13-18-20(15(2)19(25)21(16)29)26-24(33-18)27-22(30)17-7-6-12-32-17/h6-7,12,14-16,19,21,29H,4-5,8-11,13H2,1-3H3,(H,26,27,30). The number of carbonyl (C=O) groups excluding carboxylic acids is 2. The summed E-state index contributed by atoms with van der Waals surface area (Å²) in [5.41, 5.74) is 0.975. The third-order valence-electron chi connectivity index (χ3n) is 8.34. The van der Waals surface area contributed by atoms with Crippen molar-refractivity contribution in [3.8, 4) is 0 Å². The van der Waals surface area contributed by atoms with Gasteiger partial charge in [0.05, 0.1) is 16.7 Å². The number of thiophene rings is 1. The van der Waals surface area contributed by atoms with E-state index in [-0.39, 0.29) is 40.9 Å². The fraction of sp³-hybridized carbons (Fsp3) is 0.640. The number of fused-ring (bicyclic) bond motifs is 2. The van der Waals surface area contributed by atoms with Crippen LogP contribution >= 0.6 is 22.7 Å². The molecule has 33 heavy (non-hydrogen) atoms. The Morgan fingerprint density at radius 2 is 2.09 bits per heavy atom. The van der Waals surface area contributed by atoms with Crippen molar-refractivity contribution in [1.29, 1.82) is 0 Å². The average Bonchev–Trinajstić information content (AvgIpc) is 3.54. The number of aliphatic hydroxyl groups is 1. The van der Waals surface area contributed by atoms with Gasteiger partial charge >= 0.3 is 0 Å². The van der Waals surface area contributed by atoms with Gasteiger partial charge in [0.1, 0.15) is 0 Å². The summed E-state index contributed by atoms with van der Waals surface area (Å²) in [4.78, 5) is 34.3. The van der Waals surface area contributed by atoms with Crippen LogP contribution < -0.4 is 5.32 Å². The Hall–Kier alpha value is -1.77. The molecular weight excluding hydrogens is 454 g/mol. The molecule has 1 saturated carbocycles. The van der Waals surface area contributed by atoms with Gasteiger partial charge in [0.25, 0.3) is 5.91 Å². The van der Waals surface area contributed by atoms with Crippen molar-refractivity contribution in [2.75, 3.05) is 18.4 Å². The zero-order chi connectivity index (χ0) is 23.3. The highest BCUT2D eigenvalue weighted by molar-refractivity contribution is 7.16. The summed E-state index contributed by atoms with van der Waals surface area (Å²) >= 11 is 2.98. The number of amides is 2. The average molecular weight is 488 g/mol. The Morgan fingerprint density at radius 1 is 1.33 bits per heavy atom. The minimum absolute atomic E-state index is 0.0168. The summed E-state index contributed by atoms with van der Waals surface area (Å²) in [7, 11) is 0. The second-order valence-corrected chi connectivity index (χ2v) is 12.4. The van der Waals surface area contributed by atoms with Gasteiger partial charge in [0.2, 0.25) is 5.91 Å². The van der Waals surface area contributed by atoms with E-state index in [1.54, 1.807) is 11.3 Å². The molecule has 5 rings (SSSR count). The second kappa shape index (κ2) is 8.78. The summed E-state index contributed by atoms with van der Waals surface area (Å²) in [5.74, 6) is 0.0391. The van der Waals surface area contributed by atoms with Crippen LogP contribution in [0.25, 0.3) is 0 Å². The normalized spacial score (nSPS) is 32.2. The van der Waals surface area contributed by atoms with Gasteiger partial charge in [-0.3, -0.25) is 14.9 Å². The molecule has 2 aliphatic carbocycles. The van der Waals surface area contributed by atoms with Gasteiger partial charge in [-0.15, -0.1) is 22.7 Å². The summed E-state index contributed by atoms with van der Waals surface area (Å²) in [6.07, 6.45) is 4.37. The molecular formula is C25H33N3O3S2. The van der Waals surface area contributed by atoms with Crippen molar-refractivity contribution < 1.29 is 14.7 Å². The number of nitrogens with zero attached hydrogens (tertiary/aromatic N) is 2. The summed E-state index contributed by atoms with van der Waals surface area (Å²) in [6, 6.07) is 3.68. The van der Waals surface area contributed by atoms with E-state index >= 15 is 0 Å². The van der Waals surface area contributed by atoms with Crippen LogP contribution in [-0.2, 0) is 11.2 Å². The van der Waals surface area contributed by atoms with Crippen molar-refractivity contribution in [3.05, 3.63) is 33.0 Å². The van der Waals surface area contributed by atoms with Gasteiger partial charge in [-0.05, 0) is 60.8 Å². The molecule has 178 valence electrons. The molecule has 0 bridgehead atoms. The quantitative estimate of drug-likeness (QED) is 0.651. The lowest BCUT2D eigenvalue weighted by Gasteiger charge is -2.53. The van der Waals surface area contributed by atoms with E-state index in [1.165, 1.54) is 16.2 Å². The Kier molecular flexibility index (Phi) is 6.12. The van der Waals surface area contributed by atoms with Crippen LogP contribution in [0.15, 0.2) is 17.5 Å². The minimum Gasteiger partial charge on any atom is -0.392 e. The molecule has 0 spiro atoms. The lowest BCUT2D eigenvalue weighted by molar-refractivity contribution is -0.143. The highest BCUT2D eigenvalue weighted by Gasteiger charge is 2.54. The SMILES string of the molecule is CC(C(=O)N1CCCC1)C1CCC2(C)Cc3sc(NC(=O)c4cccs4)nc3C(C)C2C1O. The predicted molar refractivity (Wildman–Crippen MR) is 132 cm³/mol. The first-order valence-corrected chi connectivity index (χ1v) is 13.8. The fourth-order valence-electron chi connectivity index (χ4n) is 6.58. The van der Waals surface area contributed by atoms with Gasteiger partial charge in [0, 0.05) is 29.8 Å². The molecule has 2 aromatic rings. The number of anilines is 1. The molecule has 6 atom stereocenters. The zero-order valence-corrected chi connectivity index (χ0v) is 21.2. The van der Waals surface area contributed by atoms with E-state index in [1.807, 2.05) is 29.3 Å². The van der Waals surface area contributed by atoms with Crippen molar-refractivity contribution in [3.63, 3.8) is 0 Å². The molecule has 2 N–H and O–H groups in total. The Bertz CT molecular complexity index is 1030. The maximum absolute atomic E-state index is 13.1. The van der Waals surface area contributed by atoms with E-state index < -0.39 is 6.10 Å². The number of hydrogen-bond acceptors (Lipinski definition) is 6. The van der Waals surface area contributed by atoms with Crippen molar-refractivity contribution >= 4 is 39.6 Å². The van der Waals surface area contributed by atoms with Crippen LogP contribution in [-0.4, -0.2) is 46.0 Å². The molecule has 2 aromatic heterocycles. The smallest absolute Gasteiger partial charge is 0.267 e. The highest BCUT2D eigenvalue weighted by Crippen LogP contribution is 2.57. The van der Waals surface area contributed by atoms with Crippen LogP contribution in [0.1, 0.15) is 72.6 Å². The first-order valence-electron chi connectivity index (χ1n) is 12.1. The number of aromatic nitrogens is 1. The second-order valence-electron chi connectivity index (χ2n) is 10.4. The number of hydrogen-bond donors (Lipinski definition) is 2. The van der Waals surface area contributed by atoms with Crippen LogP contribution in [0, 0.1) is 23.2 Å². The van der Waals surface area contributed by atoms with Gasteiger partial charge in [0.15, 0.2) is 5.13 Å². The monoisotopic (exact) mass is 487 g/mol. The van der Waals surface area contributed by atoms with Crippen molar-refractivity contribution in [1.82, 2.24) is 9.88 Å². The number of carbonyl (C=O) groups is 2. The zero-order valence-electron chi connectivity index (χ0n) is 19.5. The minimum atomic E-state index is -0.528. The van der Waals surface area contributed by atoms with E-state index in [4.69, 9.17) is 4.98 Å². The molecule has 0 aromatic carbocycles. The molecule has 6 nitrogen and oxygen atoms in total. The molecule has 8 heteroatoms. The lowest BCUT2D eigenvalue weighted by Crippen LogP contribution is -2.53. The third-order valence-corrected chi connectivity index (χ3v) is 10.2. The molecule has 6 unspecified atom stereocenters. The van der Waals surface area contributed by atoms with Crippen molar-refractivity contribution in [2.24, 2.45) is 23.2 Å². The first kappa shape index (κ1) is 23.0. The molecule has 1 saturated heterocycles. The molecule has 2 amide bonds. The molecule has 0 radical (unpaired) electrons.